The molecular weight excluding hydrogens is 198 g/mol. The van der Waals surface area contributed by atoms with Gasteiger partial charge < -0.3 is 5.73 Å². The van der Waals surface area contributed by atoms with Gasteiger partial charge in [0, 0.05) is 31.7 Å². The van der Waals surface area contributed by atoms with Gasteiger partial charge in [0.1, 0.15) is 0 Å². The Labute approximate surface area is 99.3 Å². The van der Waals surface area contributed by atoms with Crippen molar-refractivity contribution in [1.29, 1.82) is 0 Å². The van der Waals surface area contributed by atoms with Crippen LogP contribution >= 0.6 is 0 Å². The van der Waals surface area contributed by atoms with Gasteiger partial charge in [-0.2, -0.15) is 0 Å². The van der Waals surface area contributed by atoms with Crippen LogP contribution in [0.2, 0.25) is 0 Å². The molecule has 2 aliphatic rings. The predicted molar refractivity (Wildman–Crippen MR) is 68.4 cm³/mol. The van der Waals surface area contributed by atoms with E-state index in [1.54, 1.807) is 0 Å². The van der Waals surface area contributed by atoms with Crippen LogP contribution in [-0.2, 0) is 0 Å². The van der Waals surface area contributed by atoms with Crippen molar-refractivity contribution in [2.24, 2.45) is 5.73 Å². The van der Waals surface area contributed by atoms with Crippen molar-refractivity contribution in [3.8, 4) is 0 Å². The van der Waals surface area contributed by atoms with Gasteiger partial charge in [-0.1, -0.05) is 12.2 Å². The topological polar surface area (TPSA) is 32.5 Å². The maximum absolute atomic E-state index is 5.94. The quantitative estimate of drug-likeness (QED) is 0.726. The first kappa shape index (κ1) is 12.1. The molecule has 92 valence electrons. The molecule has 2 heterocycles. The Morgan fingerprint density at radius 1 is 1.25 bits per heavy atom. The van der Waals surface area contributed by atoms with Crippen molar-refractivity contribution in [3.63, 3.8) is 0 Å². The maximum Gasteiger partial charge on any atom is 0.0235 e. The molecule has 0 saturated carbocycles. The number of hydrogen-bond acceptors (Lipinski definition) is 3. The minimum Gasteiger partial charge on any atom is -0.328 e. The van der Waals surface area contributed by atoms with Crippen molar-refractivity contribution in [2.75, 3.05) is 32.7 Å². The lowest BCUT2D eigenvalue weighted by Gasteiger charge is -2.34. The molecule has 3 nitrogen and oxygen atoms in total. The van der Waals surface area contributed by atoms with Gasteiger partial charge in [-0.05, 0) is 39.3 Å². The number of nitrogens with two attached hydrogens (primary N) is 1. The second-order valence-electron chi connectivity index (χ2n) is 5.51. The molecule has 0 aromatic heterocycles. The molecule has 3 heteroatoms. The highest BCUT2D eigenvalue weighted by Gasteiger charge is 2.29. The van der Waals surface area contributed by atoms with Crippen molar-refractivity contribution in [1.82, 2.24) is 9.80 Å². The number of hydrogen-bond donors (Lipinski definition) is 1. The largest absolute Gasteiger partial charge is 0.328 e. The average molecular weight is 223 g/mol. The molecule has 0 spiro atoms. The summed E-state index contributed by atoms with van der Waals surface area (Å²) in [6.45, 7) is 12.0. The van der Waals surface area contributed by atoms with Crippen LogP contribution in [0.4, 0.5) is 0 Å². The average Bonchev–Trinajstić information content (AvgIpc) is 2.66. The Bertz CT molecular complexity index is 244. The van der Waals surface area contributed by atoms with Gasteiger partial charge in [0.05, 0.1) is 0 Å². The zero-order valence-electron chi connectivity index (χ0n) is 10.5. The van der Waals surface area contributed by atoms with Gasteiger partial charge in [-0.25, -0.2) is 0 Å². The van der Waals surface area contributed by atoms with E-state index in [1.165, 1.54) is 51.0 Å². The molecule has 2 fully saturated rings. The van der Waals surface area contributed by atoms with Crippen LogP contribution in [0.5, 0.6) is 0 Å². The molecule has 0 radical (unpaired) electrons. The van der Waals surface area contributed by atoms with E-state index in [0.717, 1.165) is 12.6 Å². The fraction of sp³-hybridized carbons (Fsp3) is 0.846. The Balaban J connectivity index is 1.77. The smallest absolute Gasteiger partial charge is 0.0235 e. The lowest BCUT2D eigenvalue weighted by atomic mass is 10.0. The lowest BCUT2D eigenvalue weighted by Crippen LogP contribution is -2.46. The van der Waals surface area contributed by atoms with Gasteiger partial charge in [0.25, 0.3) is 0 Å². The summed E-state index contributed by atoms with van der Waals surface area (Å²) >= 11 is 0. The molecule has 2 aliphatic heterocycles. The van der Waals surface area contributed by atoms with Crippen molar-refractivity contribution in [2.45, 2.75) is 38.3 Å². The van der Waals surface area contributed by atoms with E-state index in [2.05, 4.69) is 23.3 Å². The van der Waals surface area contributed by atoms with Crippen LogP contribution in [0, 0.1) is 0 Å². The summed E-state index contributed by atoms with van der Waals surface area (Å²) in [7, 11) is 0. The third-order valence-electron chi connectivity index (χ3n) is 3.83. The SMILES string of the molecule is C=C(C)CN1CCC(N2CCC(N)CC2)C1. The molecular formula is C13H25N3. The van der Waals surface area contributed by atoms with Gasteiger partial charge in [0.15, 0.2) is 0 Å². The first-order valence-electron chi connectivity index (χ1n) is 6.51. The summed E-state index contributed by atoms with van der Waals surface area (Å²) < 4.78 is 0. The zero-order chi connectivity index (χ0) is 11.5. The van der Waals surface area contributed by atoms with Crippen LogP contribution in [-0.4, -0.2) is 54.6 Å². The molecule has 1 atom stereocenters. The maximum atomic E-state index is 5.94. The van der Waals surface area contributed by atoms with E-state index in [9.17, 15) is 0 Å². The Hall–Kier alpha value is -0.380. The van der Waals surface area contributed by atoms with Crippen LogP contribution < -0.4 is 5.73 Å². The highest BCUT2D eigenvalue weighted by atomic mass is 15.3. The number of likely N-dealkylation sites (tertiary alicyclic amines) is 2. The van der Waals surface area contributed by atoms with E-state index in [1.807, 2.05) is 0 Å². The number of nitrogens with zero attached hydrogens (tertiary/aromatic N) is 2. The second-order valence-corrected chi connectivity index (χ2v) is 5.51. The Morgan fingerprint density at radius 2 is 1.94 bits per heavy atom. The first-order valence-corrected chi connectivity index (χ1v) is 6.51. The molecule has 0 amide bonds. The zero-order valence-corrected chi connectivity index (χ0v) is 10.5. The van der Waals surface area contributed by atoms with Crippen LogP contribution in [0.1, 0.15) is 26.2 Å². The van der Waals surface area contributed by atoms with Crippen LogP contribution in [0.25, 0.3) is 0 Å². The molecule has 2 rings (SSSR count). The third kappa shape index (κ3) is 3.06. The molecule has 2 saturated heterocycles. The van der Waals surface area contributed by atoms with E-state index in [-0.39, 0.29) is 0 Å². The van der Waals surface area contributed by atoms with Gasteiger partial charge in [-0.3, -0.25) is 9.80 Å². The molecule has 0 aliphatic carbocycles. The molecule has 0 aromatic rings. The molecule has 0 bridgehead atoms. The van der Waals surface area contributed by atoms with E-state index in [4.69, 9.17) is 5.73 Å². The van der Waals surface area contributed by atoms with Crippen LogP contribution in [0.15, 0.2) is 12.2 Å². The normalized spacial score (nSPS) is 29.8. The first-order chi connectivity index (χ1) is 7.65. The predicted octanol–water partition coefficient (Wildman–Crippen LogP) is 1.06. The summed E-state index contributed by atoms with van der Waals surface area (Å²) in [6.07, 6.45) is 3.68. The number of rotatable bonds is 3. The summed E-state index contributed by atoms with van der Waals surface area (Å²) in [5.41, 5.74) is 7.22. The monoisotopic (exact) mass is 223 g/mol. The minimum absolute atomic E-state index is 0.448. The fourth-order valence-corrected chi connectivity index (χ4v) is 2.92. The minimum atomic E-state index is 0.448. The second kappa shape index (κ2) is 5.30. The van der Waals surface area contributed by atoms with Gasteiger partial charge >= 0.3 is 0 Å². The number of piperidine rings is 1. The lowest BCUT2D eigenvalue weighted by molar-refractivity contribution is 0.153. The Morgan fingerprint density at radius 3 is 2.56 bits per heavy atom. The summed E-state index contributed by atoms with van der Waals surface area (Å²) in [6, 6.07) is 1.22. The van der Waals surface area contributed by atoms with Crippen LogP contribution in [0.3, 0.4) is 0 Å². The Kier molecular flexibility index (Phi) is 4.00. The standard InChI is InChI=1S/C13H25N3/c1-11(2)9-15-6-5-13(10-15)16-7-3-12(14)4-8-16/h12-13H,1,3-10,14H2,2H3. The molecule has 0 aromatic carbocycles. The van der Waals surface area contributed by atoms with Gasteiger partial charge in [0.2, 0.25) is 0 Å². The van der Waals surface area contributed by atoms with Gasteiger partial charge in [-0.15, -0.1) is 0 Å². The fourth-order valence-electron chi connectivity index (χ4n) is 2.92. The molecule has 1 unspecified atom stereocenters. The summed E-state index contributed by atoms with van der Waals surface area (Å²) in [5.74, 6) is 0. The molecule has 2 N–H and O–H groups in total. The van der Waals surface area contributed by atoms with E-state index in [0.29, 0.717) is 6.04 Å². The molecule has 16 heavy (non-hydrogen) atoms. The summed E-state index contributed by atoms with van der Waals surface area (Å²) in [5, 5.41) is 0. The summed E-state index contributed by atoms with van der Waals surface area (Å²) in [4.78, 5) is 5.17. The third-order valence-corrected chi connectivity index (χ3v) is 3.83. The highest BCUT2D eigenvalue weighted by molar-refractivity contribution is 4.96. The van der Waals surface area contributed by atoms with Crippen molar-refractivity contribution >= 4 is 0 Å². The van der Waals surface area contributed by atoms with Crippen molar-refractivity contribution in [3.05, 3.63) is 12.2 Å². The van der Waals surface area contributed by atoms with Crippen molar-refractivity contribution < 1.29 is 0 Å². The highest BCUT2D eigenvalue weighted by Crippen LogP contribution is 2.20. The van der Waals surface area contributed by atoms with E-state index >= 15 is 0 Å². The van der Waals surface area contributed by atoms with E-state index < -0.39 is 0 Å².